The zero-order valence-electron chi connectivity index (χ0n) is 9.68. The second-order valence-corrected chi connectivity index (χ2v) is 5.42. The van der Waals surface area contributed by atoms with Gasteiger partial charge in [-0.3, -0.25) is 4.79 Å². The quantitative estimate of drug-likeness (QED) is 0.596. The van der Waals surface area contributed by atoms with Crippen molar-refractivity contribution in [1.82, 2.24) is 0 Å². The van der Waals surface area contributed by atoms with Crippen LogP contribution in [-0.2, 0) is 4.74 Å². The number of alkyl halides is 6. The number of rotatable bonds is 4. The molecule has 0 fully saturated rings. The summed E-state index contributed by atoms with van der Waals surface area (Å²) in [7, 11) is 0. The summed E-state index contributed by atoms with van der Waals surface area (Å²) in [4.78, 5) is 11.6. The Morgan fingerprint density at radius 2 is 1.70 bits per heavy atom. The van der Waals surface area contributed by atoms with Crippen LogP contribution in [0.4, 0.5) is 26.3 Å². The second-order valence-electron chi connectivity index (χ2n) is 3.71. The summed E-state index contributed by atoms with van der Waals surface area (Å²) < 4.78 is 77.7. The predicted octanol–water partition coefficient (Wildman–Crippen LogP) is 4.48. The Morgan fingerprint density at radius 1 is 1.20 bits per heavy atom. The van der Waals surface area contributed by atoms with E-state index >= 15 is 0 Å². The highest BCUT2D eigenvalue weighted by Crippen LogP contribution is 2.36. The van der Waals surface area contributed by atoms with Gasteiger partial charge in [-0.05, 0) is 19.1 Å². The molecule has 1 unspecified atom stereocenters. The topological polar surface area (TPSA) is 26.3 Å². The van der Waals surface area contributed by atoms with Gasteiger partial charge in [0.05, 0.1) is 9.21 Å². The van der Waals surface area contributed by atoms with E-state index in [0.29, 0.717) is 0 Å². The summed E-state index contributed by atoms with van der Waals surface area (Å²) in [5.74, 6) is -1.000. The first-order valence-electron chi connectivity index (χ1n) is 5.01. The standard InChI is InChI=1S/C10H7ClF6O2S/c1-4(7(18)5-2-3-6(11)20-5)19-8(9(12,13)14)10(15,16)17/h2-4,8H,1H3. The zero-order valence-corrected chi connectivity index (χ0v) is 11.3. The summed E-state index contributed by atoms with van der Waals surface area (Å²) in [6.45, 7) is 0.820. The fourth-order valence-electron chi connectivity index (χ4n) is 1.25. The number of hydrogen-bond acceptors (Lipinski definition) is 3. The van der Waals surface area contributed by atoms with Gasteiger partial charge >= 0.3 is 12.4 Å². The molecular formula is C10H7ClF6O2S. The molecule has 0 aromatic carbocycles. The number of thiophene rings is 1. The van der Waals surface area contributed by atoms with E-state index in [9.17, 15) is 31.1 Å². The summed E-state index contributed by atoms with van der Waals surface area (Å²) in [6.07, 6.45) is -17.2. The smallest absolute Gasteiger partial charge is 0.349 e. The molecule has 10 heteroatoms. The van der Waals surface area contributed by atoms with Crippen LogP contribution in [0.15, 0.2) is 12.1 Å². The van der Waals surface area contributed by atoms with Gasteiger partial charge in [-0.2, -0.15) is 26.3 Å². The van der Waals surface area contributed by atoms with Crippen molar-refractivity contribution in [3.63, 3.8) is 0 Å². The Labute approximate surface area is 118 Å². The highest BCUT2D eigenvalue weighted by Gasteiger charge is 2.58. The lowest BCUT2D eigenvalue weighted by Crippen LogP contribution is -2.47. The molecule has 0 spiro atoms. The van der Waals surface area contributed by atoms with Gasteiger partial charge in [0.25, 0.3) is 0 Å². The lowest BCUT2D eigenvalue weighted by Gasteiger charge is -2.25. The largest absolute Gasteiger partial charge is 0.423 e. The Hall–Kier alpha value is -0.800. The van der Waals surface area contributed by atoms with Gasteiger partial charge in [-0.1, -0.05) is 11.6 Å². The molecule has 2 nitrogen and oxygen atoms in total. The van der Waals surface area contributed by atoms with Crippen LogP contribution in [0.3, 0.4) is 0 Å². The Bertz CT molecular complexity index is 467. The van der Waals surface area contributed by atoms with Crippen molar-refractivity contribution in [3.8, 4) is 0 Å². The minimum atomic E-state index is -5.65. The fourth-order valence-corrected chi connectivity index (χ4v) is 2.31. The van der Waals surface area contributed by atoms with Crippen LogP contribution in [-0.4, -0.2) is 30.3 Å². The lowest BCUT2D eigenvalue weighted by molar-refractivity contribution is -0.325. The first kappa shape index (κ1) is 17.3. The summed E-state index contributed by atoms with van der Waals surface area (Å²) in [6, 6.07) is 2.50. The minimum absolute atomic E-state index is 0.0781. The molecule has 1 aromatic rings. The number of ketones is 1. The van der Waals surface area contributed by atoms with Gasteiger partial charge in [0, 0.05) is 0 Å². The first-order valence-corrected chi connectivity index (χ1v) is 6.21. The average molecular weight is 341 g/mol. The SMILES string of the molecule is CC(OC(C(F)(F)F)C(F)(F)F)C(=O)c1ccc(Cl)s1. The average Bonchev–Trinajstić information content (AvgIpc) is 2.68. The molecule has 0 aliphatic heterocycles. The molecule has 1 rings (SSSR count). The molecular weight excluding hydrogens is 334 g/mol. The molecule has 20 heavy (non-hydrogen) atoms. The van der Waals surface area contributed by atoms with Crippen molar-refractivity contribution < 1.29 is 35.9 Å². The summed E-state index contributed by atoms with van der Waals surface area (Å²) >= 11 is 6.27. The highest BCUT2D eigenvalue weighted by molar-refractivity contribution is 7.18. The van der Waals surface area contributed by atoms with Gasteiger partial charge in [-0.25, -0.2) is 0 Å². The van der Waals surface area contributed by atoms with E-state index in [2.05, 4.69) is 4.74 Å². The van der Waals surface area contributed by atoms with E-state index in [1.165, 1.54) is 12.1 Å². The minimum Gasteiger partial charge on any atom is -0.349 e. The van der Waals surface area contributed by atoms with E-state index in [0.717, 1.165) is 18.3 Å². The number of carbonyl (C=O) groups excluding carboxylic acids is 1. The third-order valence-corrected chi connectivity index (χ3v) is 3.37. The number of ether oxygens (including phenoxy) is 1. The molecule has 0 aliphatic rings. The fraction of sp³-hybridized carbons (Fsp3) is 0.500. The van der Waals surface area contributed by atoms with Gasteiger partial charge in [0.1, 0.15) is 6.10 Å². The molecule has 0 saturated heterocycles. The molecule has 0 amide bonds. The molecule has 0 bridgehead atoms. The molecule has 1 heterocycles. The van der Waals surface area contributed by atoms with Crippen molar-refractivity contribution in [3.05, 3.63) is 21.3 Å². The van der Waals surface area contributed by atoms with Crippen LogP contribution in [0.1, 0.15) is 16.6 Å². The second kappa shape index (κ2) is 5.90. The van der Waals surface area contributed by atoms with Crippen molar-refractivity contribution >= 4 is 28.7 Å². The van der Waals surface area contributed by atoms with E-state index in [-0.39, 0.29) is 9.21 Å². The third kappa shape index (κ3) is 4.35. The molecule has 114 valence electrons. The summed E-state index contributed by atoms with van der Waals surface area (Å²) in [5.41, 5.74) is 0. The van der Waals surface area contributed by atoms with E-state index in [4.69, 9.17) is 11.6 Å². The molecule has 1 aromatic heterocycles. The van der Waals surface area contributed by atoms with E-state index < -0.39 is 30.3 Å². The van der Waals surface area contributed by atoms with E-state index in [1.807, 2.05) is 0 Å². The van der Waals surface area contributed by atoms with E-state index in [1.54, 1.807) is 0 Å². The number of halogens is 7. The highest BCUT2D eigenvalue weighted by atomic mass is 35.5. The molecule has 0 radical (unpaired) electrons. The maximum Gasteiger partial charge on any atom is 0.423 e. The van der Waals surface area contributed by atoms with Gasteiger partial charge in [-0.15, -0.1) is 11.3 Å². The Balaban J connectivity index is 2.87. The predicted molar refractivity (Wildman–Crippen MR) is 60.1 cm³/mol. The number of hydrogen-bond donors (Lipinski definition) is 0. The molecule has 1 atom stereocenters. The summed E-state index contributed by atoms with van der Waals surface area (Å²) in [5, 5.41) is 0. The zero-order chi connectivity index (χ0) is 15.7. The molecule has 0 saturated carbocycles. The first-order chi connectivity index (χ1) is 8.93. The normalized spacial score (nSPS) is 14.7. The van der Waals surface area contributed by atoms with Crippen molar-refractivity contribution in [2.75, 3.05) is 0 Å². The van der Waals surface area contributed by atoms with Crippen molar-refractivity contribution in [2.45, 2.75) is 31.5 Å². The third-order valence-electron chi connectivity index (χ3n) is 2.12. The van der Waals surface area contributed by atoms with Crippen LogP contribution < -0.4 is 0 Å². The van der Waals surface area contributed by atoms with Crippen LogP contribution in [0.2, 0.25) is 4.34 Å². The monoisotopic (exact) mass is 340 g/mol. The number of carbonyl (C=O) groups is 1. The van der Waals surface area contributed by atoms with Crippen molar-refractivity contribution in [1.29, 1.82) is 0 Å². The van der Waals surface area contributed by atoms with Gasteiger partial charge < -0.3 is 4.74 Å². The Kier molecular flexibility index (Phi) is 5.09. The van der Waals surface area contributed by atoms with Crippen molar-refractivity contribution in [2.24, 2.45) is 0 Å². The van der Waals surface area contributed by atoms with Crippen LogP contribution in [0.25, 0.3) is 0 Å². The van der Waals surface area contributed by atoms with Crippen LogP contribution in [0, 0.1) is 0 Å². The maximum absolute atomic E-state index is 12.3. The maximum atomic E-state index is 12.3. The lowest BCUT2D eigenvalue weighted by atomic mass is 10.2. The molecule has 0 N–H and O–H groups in total. The van der Waals surface area contributed by atoms with Gasteiger partial charge in [0.15, 0.2) is 0 Å². The van der Waals surface area contributed by atoms with Crippen LogP contribution in [0.5, 0.6) is 0 Å². The molecule has 0 aliphatic carbocycles. The Morgan fingerprint density at radius 3 is 2.05 bits per heavy atom. The number of Topliss-reactive ketones (excluding diaryl/α,β-unsaturated/α-hetero) is 1. The van der Waals surface area contributed by atoms with Gasteiger partial charge in [0.2, 0.25) is 11.9 Å². The van der Waals surface area contributed by atoms with Crippen LogP contribution >= 0.6 is 22.9 Å².